The van der Waals surface area contributed by atoms with Gasteiger partial charge in [-0.2, -0.15) is 0 Å². The molecule has 0 aromatic heterocycles. The van der Waals surface area contributed by atoms with E-state index in [1.807, 2.05) is 6.92 Å². The molecule has 1 rings (SSSR count). The number of hydrogen-bond donors (Lipinski definition) is 2. The van der Waals surface area contributed by atoms with E-state index in [9.17, 15) is 12.8 Å². The lowest BCUT2D eigenvalue weighted by atomic mass is 10.3. The lowest BCUT2D eigenvalue weighted by Gasteiger charge is -2.10. The summed E-state index contributed by atoms with van der Waals surface area (Å²) in [4.78, 5) is -0.302. The standard InChI is InChI=1S/C10H13Cl2FN2O2S.ClH/c1-2-14-3-4-15-18(16,17)10-8(11)5-7(13)6-9(10)12;/h5-6,14-15H,2-4H2,1H3;1H. The van der Waals surface area contributed by atoms with Gasteiger partial charge in [0.15, 0.2) is 0 Å². The second-order valence-electron chi connectivity index (χ2n) is 3.45. The van der Waals surface area contributed by atoms with Gasteiger partial charge in [-0.05, 0) is 18.7 Å². The van der Waals surface area contributed by atoms with Crippen molar-refractivity contribution in [2.24, 2.45) is 0 Å². The quantitative estimate of drug-likeness (QED) is 0.774. The van der Waals surface area contributed by atoms with E-state index in [-0.39, 0.29) is 33.9 Å². The van der Waals surface area contributed by atoms with E-state index in [1.54, 1.807) is 0 Å². The van der Waals surface area contributed by atoms with E-state index in [4.69, 9.17) is 23.2 Å². The van der Waals surface area contributed by atoms with Crippen LogP contribution in [0.5, 0.6) is 0 Å². The normalized spacial score (nSPS) is 11.2. The molecule has 0 spiro atoms. The summed E-state index contributed by atoms with van der Waals surface area (Å²) in [5, 5.41) is 2.48. The lowest BCUT2D eigenvalue weighted by molar-refractivity contribution is 0.576. The molecule has 0 atom stereocenters. The van der Waals surface area contributed by atoms with Gasteiger partial charge in [0.25, 0.3) is 0 Å². The molecular weight excluding hydrogens is 338 g/mol. The van der Waals surface area contributed by atoms with Crippen molar-refractivity contribution in [3.63, 3.8) is 0 Å². The Labute approximate surface area is 128 Å². The minimum absolute atomic E-state index is 0. The van der Waals surface area contributed by atoms with Gasteiger partial charge in [0.1, 0.15) is 10.7 Å². The van der Waals surface area contributed by atoms with Crippen LogP contribution in [0.4, 0.5) is 4.39 Å². The van der Waals surface area contributed by atoms with Crippen LogP contribution < -0.4 is 10.0 Å². The Morgan fingerprint density at radius 3 is 2.21 bits per heavy atom. The van der Waals surface area contributed by atoms with Gasteiger partial charge in [0.2, 0.25) is 10.0 Å². The zero-order valence-corrected chi connectivity index (χ0v) is 13.2. The third-order valence-corrected chi connectivity index (χ3v) is 4.46. The molecule has 0 bridgehead atoms. The zero-order chi connectivity index (χ0) is 13.8. The Balaban J connectivity index is 0.00000324. The molecule has 0 saturated heterocycles. The first kappa shape index (κ1) is 18.9. The van der Waals surface area contributed by atoms with Crippen LogP contribution in [0.25, 0.3) is 0 Å². The molecular formula is C10H14Cl3FN2O2S. The van der Waals surface area contributed by atoms with Gasteiger partial charge in [-0.3, -0.25) is 0 Å². The van der Waals surface area contributed by atoms with Crippen molar-refractivity contribution < 1.29 is 12.8 Å². The highest BCUT2D eigenvalue weighted by molar-refractivity contribution is 7.89. The van der Waals surface area contributed by atoms with Crippen molar-refractivity contribution in [1.29, 1.82) is 0 Å². The Hall–Kier alpha value is -0.110. The molecule has 0 amide bonds. The molecule has 1 aromatic rings. The molecule has 2 N–H and O–H groups in total. The van der Waals surface area contributed by atoms with E-state index in [1.165, 1.54) is 0 Å². The number of likely N-dealkylation sites (N-methyl/N-ethyl adjacent to an activating group) is 1. The average Bonchev–Trinajstić information content (AvgIpc) is 2.22. The maximum atomic E-state index is 13.0. The first-order valence-electron chi connectivity index (χ1n) is 5.23. The van der Waals surface area contributed by atoms with Crippen molar-refractivity contribution in [3.05, 3.63) is 28.0 Å². The summed E-state index contributed by atoms with van der Waals surface area (Å²) in [6, 6.07) is 1.82. The first-order valence-corrected chi connectivity index (χ1v) is 7.47. The minimum atomic E-state index is -3.84. The number of halogens is 4. The van der Waals surface area contributed by atoms with Crippen molar-refractivity contribution >= 4 is 45.6 Å². The predicted molar refractivity (Wildman–Crippen MR) is 77.4 cm³/mol. The predicted octanol–water partition coefficient (Wildman–Crippen LogP) is 2.44. The van der Waals surface area contributed by atoms with Crippen LogP contribution in [0.2, 0.25) is 10.0 Å². The number of nitrogens with one attached hydrogen (secondary N) is 2. The topological polar surface area (TPSA) is 58.2 Å². The molecule has 0 radical (unpaired) electrons. The van der Waals surface area contributed by atoms with Gasteiger partial charge in [-0.1, -0.05) is 30.1 Å². The van der Waals surface area contributed by atoms with Crippen LogP contribution in [0, 0.1) is 5.82 Å². The molecule has 0 fully saturated rings. The molecule has 0 aliphatic rings. The van der Waals surface area contributed by atoms with Crippen molar-refractivity contribution in [3.8, 4) is 0 Å². The highest BCUT2D eigenvalue weighted by Gasteiger charge is 2.22. The van der Waals surface area contributed by atoms with Crippen LogP contribution in [0.1, 0.15) is 6.92 Å². The monoisotopic (exact) mass is 350 g/mol. The van der Waals surface area contributed by atoms with Crippen LogP contribution in [-0.4, -0.2) is 28.1 Å². The maximum absolute atomic E-state index is 13.0. The maximum Gasteiger partial charge on any atom is 0.243 e. The highest BCUT2D eigenvalue weighted by Crippen LogP contribution is 2.30. The van der Waals surface area contributed by atoms with Crippen molar-refractivity contribution in [1.82, 2.24) is 10.0 Å². The smallest absolute Gasteiger partial charge is 0.243 e. The van der Waals surface area contributed by atoms with Crippen LogP contribution in [0.3, 0.4) is 0 Å². The number of hydrogen-bond acceptors (Lipinski definition) is 3. The fraction of sp³-hybridized carbons (Fsp3) is 0.400. The molecule has 9 heteroatoms. The third kappa shape index (κ3) is 5.41. The molecule has 0 unspecified atom stereocenters. The number of sulfonamides is 1. The summed E-state index contributed by atoms with van der Waals surface area (Å²) in [6.07, 6.45) is 0. The molecule has 0 saturated carbocycles. The number of rotatable bonds is 6. The van der Waals surface area contributed by atoms with Crippen molar-refractivity contribution in [2.75, 3.05) is 19.6 Å². The fourth-order valence-corrected chi connectivity index (χ4v) is 3.52. The molecule has 0 heterocycles. The van der Waals surface area contributed by atoms with E-state index in [0.717, 1.165) is 18.7 Å². The summed E-state index contributed by atoms with van der Waals surface area (Å²) < 4.78 is 39.1. The third-order valence-electron chi connectivity index (χ3n) is 2.08. The second kappa shape index (κ2) is 8.24. The summed E-state index contributed by atoms with van der Waals surface area (Å²) in [7, 11) is -3.84. The molecule has 19 heavy (non-hydrogen) atoms. The van der Waals surface area contributed by atoms with Gasteiger partial charge in [-0.25, -0.2) is 17.5 Å². The summed E-state index contributed by atoms with van der Waals surface area (Å²) in [5.74, 6) is -0.684. The van der Waals surface area contributed by atoms with Crippen LogP contribution >= 0.6 is 35.6 Å². The minimum Gasteiger partial charge on any atom is -0.316 e. The molecule has 0 aliphatic heterocycles. The SMILES string of the molecule is CCNCCNS(=O)(=O)c1c(Cl)cc(F)cc1Cl.Cl. The molecule has 1 aromatic carbocycles. The molecule has 4 nitrogen and oxygen atoms in total. The van der Waals surface area contributed by atoms with E-state index in [2.05, 4.69) is 10.0 Å². The van der Waals surface area contributed by atoms with Gasteiger partial charge in [0, 0.05) is 13.1 Å². The second-order valence-corrected chi connectivity index (χ2v) is 5.97. The van der Waals surface area contributed by atoms with E-state index >= 15 is 0 Å². The van der Waals surface area contributed by atoms with Gasteiger partial charge < -0.3 is 5.32 Å². The van der Waals surface area contributed by atoms with Crippen LogP contribution in [0.15, 0.2) is 17.0 Å². The fourth-order valence-electron chi connectivity index (χ4n) is 1.31. The molecule has 110 valence electrons. The largest absolute Gasteiger partial charge is 0.316 e. The van der Waals surface area contributed by atoms with E-state index in [0.29, 0.717) is 6.54 Å². The zero-order valence-electron chi connectivity index (χ0n) is 10.0. The Bertz CT molecular complexity index is 503. The van der Waals surface area contributed by atoms with Gasteiger partial charge in [-0.15, -0.1) is 12.4 Å². The lowest BCUT2D eigenvalue weighted by Crippen LogP contribution is -2.32. The van der Waals surface area contributed by atoms with Crippen LogP contribution in [-0.2, 0) is 10.0 Å². The summed E-state index contributed by atoms with van der Waals surface area (Å²) in [5.41, 5.74) is 0. The Kier molecular flexibility index (Phi) is 8.19. The first-order chi connectivity index (χ1) is 8.38. The van der Waals surface area contributed by atoms with E-state index < -0.39 is 15.8 Å². The average molecular weight is 352 g/mol. The van der Waals surface area contributed by atoms with Crippen molar-refractivity contribution in [2.45, 2.75) is 11.8 Å². The highest BCUT2D eigenvalue weighted by atomic mass is 35.5. The van der Waals surface area contributed by atoms with Gasteiger partial charge >= 0.3 is 0 Å². The summed E-state index contributed by atoms with van der Waals surface area (Å²) >= 11 is 11.4. The molecule has 0 aliphatic carbocycles. The number of benzene rings is 1. The Morgan fingerprint density at radius 2 is 1.74 bits per heavy atom. The summed E-state index contributed by atoms with van der Waals surface area (Å²) in [6.45, 7) is 3.31. The Morgan fingerprint density at radius 1 is 1.21 bits per heavy atom. The van der Waals surface area contributed by atoms with Gasteiger partial charge in [0.05, 0.1) is 10.0 Å².